The standard InChI is InChI=1S/C49H33N/c1-5-17-36(18-6-1)33-34-49(38-21-9-3-10-22-38)46-28-16-15-26-43(46)45-35-40(29-31-47(45)49)50(39-23-11-4-12-24-39)48-32-30-41(37-19-7-2-8-20-37)42-25-13-14-27-44(42)48/h1-32,35H. The van der Waals surface area contributed by atoms with Crippen LogP contribution in [0.1, 0.15) is 22.3 Å². The SMILES string of the molecule is C(#CC1(c2ccccc2)c2ccccc2-c2cc(N(c3ccccc3)c3ccc(-c4ccccc4)c4ccccc34)ccc21)c1ccccc1. The van der Waals surface area contributed by atoms with Gasteiger partial charge in [0.2, 0.25) is 0 Å². The van der Waals surface area contributed by atoms with E-state index in [0.29, 0.717) is 0 Å². The van der Waals surface area contributed by atoms with E-state index in [1.54, 1.807) is 0 Å². The van der Waals surface area contributed by atoms with E-state index in [0.717, 1.165) is 22.6 Å². The molecule has 1 aliphatic carbocycles. The second kappa shape index (κ2) is 12.4. The lowest BCUT2D eigenvalue weighted by molar-refractivity contribution is 0.837. The quantitative estimate of drug-likeness (QED) is 0.170. The van der Waals surface area contributed by atoms with Crippen LogP contribution in [-0.4, -0.2) is 0 Å². The highest BCUT2D eigenvalue weighted by molar-refractivity contribution is 6.06. The molecule has 0 saturated heterocycles. The van der Waals surface area contributed by atoms with Gasteiger partial charge in [-0.15, -0.1) is 0 Å². The normalized spacial score (nSPS) is 14.3. The van der Waals surface area contributed by atoms with E-state index in [1.807, 2.05) is 6.07 Å². The number of rotatable bonds is 5. The molecule has 50 heavy (non-hydrogen) atoms. The maximum absolute atomic E-state index is 3.83. The minimum atomic E-state index is -0.622. The van der Waals surface area contributed by atoms with Crippen LogP contribution in [0, 0.1) is 11.8 Å². The van der Waals surface area contributed by atoms with Crippen LogP contribution in [0.5, 0.6) is 0 Å². The number of anilines is 3. The van der Waals surface area contributed by atoms with Crippen molar-refractivity contribution in [2.75, 3.05) is 4.90 Å². The Bertz CT molecular complexity index is 2530. The maximum atomic E-state index is 3.83. The zero-order chi connectivity index (χ0) is 33.3. The van der Waals surface area contributed by atoms with Gasteiger partial charge >= 0.3 is 0 Å². The van der Waals surface area contributed by atoms with E-state index in [2.05, 4.69) is 211 Å². The third-order valence-corrected chi connectivity index (χ3v) is 9.90. The van der Waals surface area contributed by atoms with E-state index in [9.17, 15) is 0 Å². The maximum Gasteiger partial charge on any atom is 0.108 e. The van der Waals surface area contributed by atoms with E-state index < -0.39 is 5.41 Å². The number of para-hydroxylation sites is 1. The molecular weight excluding hydrogens is 603 g/mol. The van der Waals surface area contributed by atoms with Crippen LogP contribution in [0.25, 0.3) is 33.0 Å². The first kappa shape index (κ1) is 29.5. The summed E-state index contributed by atoms with van der Waals surface area (Å²) in [5.74, 6) is 7.41. The van der Waals surface area contributed by atoms with Crippen LogP contribution in [0.4, 0.5) is 17.1 Å². The predicted octanol–water partition coefficient (Wildman–Crippen LogP) is 12.3. The van der Waals surface area contributed by atoms with Gasteiger partial charge in [-0.05, 0) is 86.8 Å². The molecular formula is C49H33N. The van der Waals surface area contributed by atoms with Gasteiger partial charge in [-0.2, -0.15) is 0 Å². The molecule has 8 aromatic carbocycles. The van der Waals surface area contributed by atoms with Crippen molar-refractivity contribution < 1.29 is 0 Å². The van der Waals surface area contributed by atoms with Crippen molar-refractivity contribution in [3.05, 3.63) is 222 Å². The lowest BCUT2D eigenvalue weighted by Crippen LogP contribution is -2.25. The van der Waals surface area contributed by atoms with Crippen molar-refractivity contribution in [1.29, 1.82) is 0 Å². The molecule has 0 aromatic heterocycles. The number of hydrogen-bond acceptors (Lipinski definition) is 1. The molecule has 0 heterocycles. The summed E-state index contributed by atoms with van der Waals surface area (Å²) in [6.45, 7) is 0. The van der Waals surface area contributed by atoms with Gasteiger partial charge in [0.05, 0.1) is 5.69 Å². The molecule has 0 amide bonds. The summed E-state index contributed by atoms with van der Waals surface area (Å²) in [4.78, 5) is 2.40. The Kier molecular flexibility index (Phi) is 7.34. The molecule has 0 bridgehead atoms. The molecule has 234 valence electrons. The van der Waals surface area contributed by atoms with E-state index >= 15 is 0 Å². The lowest BCUT2D eigenvalue weighted by atomic mass is 9.73. The van der Waals surface area contributed by atoms with Crippen LogP contribution >= 0.6 is 0 Å². The largest absolute Gasteiger partial charge is 0.310 e. The van der Waals surface area contributed by atoms with Crippen molar-refractivity contribution in [3.63, 3.8) is 0 Å². The van der Waals surface area contributed by atoms with Crippen LogP contribution in [0.15, 0.2) is 200 Å². The Balaban J connectivity index is 1.28. The predicted molar refractivity (Wildman–Crippen MR) is 209 cm³/mol. The monoisotopic (exact) mass is 635 g/mol. The molecule has 0 N–H and O–H groups in total. The van der Waals surface area contributed by atoms with E-state index in [4.69, 9.17) is 0 Å². The highest BCUT2D eigenvalue weighted by Gasteiger charge is 2.44. The minimum Gasteiger partial charge on any atom is -0.310 e. The summed E-state index contributed by atoms with van der Waals surface area (Å²) < 4.78 is 0. The minimum absolute atomic E-state index is 0.622. The summed E-state index contributed by atoms with van der Waals surface area (Å²) in [5.41, 5.74) is 12.2. The van der Waals surface area contributed by atoms with Crippen LogP contribution in [0.3, 0.4) is 0 Å². The van der Waals surface area contributed by atoms with Gasteiger partial charge < -0.3 is 4.90 Å². The van der Waals surface area contributed by atoms with Crippen molar-refractivity contribution in [2.45, 2.75) is 5.41 Å². The molecule has 1 nitrogen and oxygen atoms in total. The fourth-order valence-corrected chi connectivity index (χ4v) is 7.66. The molecule has 0 aliphatic heterocycles. The van der Waals surface area contributed by atoms with Crippen molar-refractivity contribution >= 4 is 27.8 Å². The van der Waals surface area contributed by atoms with Gasteiger partial charge in [-0.1, -0.05) is 170 Å². The second-order valence-corrected chi connectivity index (χ2v) is 12.7. The van der Waals surface area contributed by atoms with Crippen molar-refractivity contribution in [2.24, 2.45) is 0 Å². The molecule has 1 heteroatoms. The fourth-order valence-electron chi connectivity index (χ4n) is 7.66. The molecule has 1 aliphatic rings. The Morgan fingerprint density at radius 1 is 0.400 bits per heavy atom. The number of benzene rings is 8. The third kappa shape index (κ3) is 4.90. The zero-order valence-electron chi connectivity index (χ0n) is 27.5. The molecule has 9 rings (SSSR count). The van der Waals surface area contributed by atoms with Crippen LogP contribution in [0.2, 0.25) is 0 Å². The highest BCUT2D eigenvalue weighted by atomic mass is 15.1. The number of nitrogens with zero attached hydrogens (tertiary/aromatic N) is 1. The molecule has 0 fully saturated rings. The Labute approximate surface area is 293 Å². The third-order valence-electron chi connectivity index (χ3n) is 9.90. The van der Waals surface area contributed by atoms with E-state index in [-0.39, 0.29) is 0 Å². The smallest absolute Gasteiger partial charge is 0.108 e. The highest BCUT2D eigenvalue weighted by Crippen LogP contribution is 2.54. The number of fused-ring (bicyclic) bond motifs is 4. The Morgan fingerprint density at radius 2 is 1.00 bits per heavy atom. The molecule has 1 atom stereocenters. The molecule has 8 aromatic rings. The molecule has 0 spiro atoms. The number of hydrogen-bond donors (Lipinski definition) is 0. The second-order valence-electron chi connectivity index (χ2n) is 12.7. The van der Waals surface area contributed by atoms with Gasteiger partial charge in [-0.3, -0.25) is 0 Å². The van der Waals surface area contributed by atoms with Gasteiger partial charge in [-0.25, -0.2) is 0 Å². The summed E-state index contributed by atoms with van der Waals surface area (Å²) in [7, 11) is 0. The average molecular weight is 636 g/mol. The van der Waals surface area contributed by atoms with Crippen LogP contribution < -0.4 is 4.90 Å². The van der Waals surface area contributed by atoms with E-state index in [1.165, 1.54) is 49.7 Å². The Morgan fingerprint density at radius 3 is 1.76 bits per heavy atom. The first-order valence-electron chi connectivity index (χ1n) is 17.1. The van der Waals surface area contributed by atoms with Gasteiger partial charge in [0.25, 0.3) is 0 Å². The van der Waals surface area contributed by atoms with Crippen LogP contribution in [-0.2, 0) is 5.41 Å². The topological polar surface area (TPSA) is 3.24 Å². The molecule has 0 radical (unpaired) electrons. The van der Waals surface area contributed by atoms with Crippen molar-refractivity contribution in [1.82, 2.24) is 0 Å². The van der Waals surface area contributed by atoms with Gasteiger partial charge in [0, 0.05) is 22.3 Å². The summed E-state index contributed by atoms with van der Waals surface area (Å²) in [6.07, 6.45) is 0. The summed E-state index contributed by atoms with van der Waals surface area (Å²) in [6, 6.07) is 71.5. The summed E-state index contributed by atoms with van der Waals surface area (Å²) in [5, 5.41) is 2.42. The first-order chi connectivity index (χ1) is 24.8. The zero-order valence-corrected chi connectivity index (χ0v) is 27.5. The van der Waals surface area contributed by atoms with Gasteiger partial charge in [0.1, 0.15) is 5.41 Å². The Hall–Kier alpha value is -6.62. The van der Waals surface area contributed by atoms with Gasteiger partial charge in [0.15, 0.2) is 0 Å². The van der Waals surface area contributed by atoms with Crippen molar-refractivity contribution in [3.8, 4) is 34.1 Å². The fraction of sp³-hybridized carbons (Fsp3) is 0.0204. The molecule has 0 saturated carbocycles. The summed E-state index contributed by atoms with van der Waals surface area (Å²) >= 11 is 0. The average Bonchev–Trinajstić information content (AvgIpc) is 3.48. The lowest BCUT2D eigenvalue weighted by Gasteiger charge is -2.29. The first-order valence-corrected chi connectivity index (χ1v) is 17.1. The molecule has 1 unspecified atom stereocenters.